The Balaban J connectivity index is 1.57. The molecule has 5 nitrogen and oxygen atoms in total. The highest BCUT2D eigenvalue weighted by molar-refractivity contribution is 5.84. The van der Waals surface area contributed by atoms with Gasteiger partial charge in [0, 0.05) is 19.6 Å². The van der Waals surface area contributed by atoms with E-state index in [4.69, 9.17) is 4.74 Å². The summed E-state index contributed by atoms with van der Waals surface area (Å²) < 4.78 is 18.2. The molecule has 0 saturated carbocycles. The van der Waals surface area contributed by atoms with Crippen molar-refractivity contribution in [2.75, 3.05) is 20.2 Å². The van der Waals surface area contributed by atoms with Crippen LogP contribution in [0, 0.1) is 11.2 Å². The van der Waals surface area contributed by atoms with Gasteiger partial charge in [-0.05, 0) is 55.2 Å². The molecule has 1 saturated heterocycles. The fraction of sp³-hybridized carbons (Fsp3) is 0.391. The first-order chi connectivity index (χ1) is 13.9. The van der Waals surface area contributed by atoms with Crippen LogP contribution in [0.4, 0.5) is 4.39 Å². The first-order valence-electron chi connectivity index (χ1n) is 9.83. The van der Waals surface area contributed by atoms with E-state index < -0.39 is 5.41 Å². The summed E-state index contributed by atoms with van der Waals surface area (Å²) in [5, 5.41) is 3.00. The number of methoxy groups -OCH3 is 1. The zero-order chi connectivity index (χ0) is 20.9. The molecule has 0 aromatic heterocycles. The smallest absolute Gasteiger partial charge is 0.227 e. The minimum Gasteiger partial charge on any atom is -0.497 e. The van der Waals surface area contributed by atoms with Gasteiger partial charge >= 0.3 is 0 Å². The van der Waals surface area contributed by atoms with Gasteiger partial charge in [0.25, 0.3) is 0 Å². The Hall–Kier alpha value is -2.89. The van der Waals surface area contributed by atoms with Gasteiger partial charge < -0.3 is 15.0 Å². The summed E-state index contributed by atoms with van der Waals surface area (Å²) in [4.78, 5) is 27.3. The Bertz CT molecular complexity index is 851. The Morgan fingerprint density at radius 3 is 2.41 bits per heavy atom. The number of rotatable bonds is 6. The molecule has 1 aliphatic heterocycles. The van der Waals surface area contributed by atoms with Crippen molar-refractivity contribution >= 4 is 11.8 Å². The van der Waals surface area contributed by atoms with Crippen molar-refractivity contribution in [2.24, 2.45) is 5.41 Å². The third-order valence-electron chi connectivity index (χ3n) is 5.48. The van der Waals surface area contributed by atoms with Crippen LogP contribution >= 0.6 is 0 Å². The molecule has 1 atom stereocenters. The van der Waals surface area contributed by atoms with Crippen LogP contribution in [0.5, 0.6) is 5.75 Å². The minimum absolute atomic E-state index is 0.0366. The summed E-state index contributed by atoms with van der Waals surface area (Å²) >= 11 is 0. The van der Waals surface area contributed by atoms with Crippen LogP contribution in [0.3, 0.4) is 0 Å². The Morgan fingerprint density at radius 2 is 1.76 bits per heavy atom. The lowest BCUT2D eigenvalue weighted by Gasteiger charge is -2.39. The second-order valence-corrected chi connectivity index (χ2v) is 7.81. The minimum atomic E-state index is -0.622. The predicted octanol–water partition coefficient (Wildman–Crippen LogP) is 3.32. The summed E-state index contributed by atoms with van der Waals surface area (Å²) in [5.41, 5.74) is 1.14. The van der Waals surface area contributed by atoms with E-state index in [1.807, 2.05) is 31.2 Å². The SMILES string of the molecule is COc1ccc(CNC(=O)[C@]2(C)CCCN(C(=O)Cc3ccc(F)cc3)C2)cc1. The monoisotopic (exact) mass is 398 g/mol. The molecule has 0 aliphatic carbocycles. The quantitative estimate of drug-likeness (QED) is 0.812. The van der Waals surface area contributed by atoms with Gasteiger partial charge in [0.1, 0.15) is 11.6 Å². The fourth-order valence-corrected chi connectivity index (χ4v) is 3.67. The molecule has 0 unspecified atom stereocenters. The van der Waals surface area contributed by atoms with E-state index in [2.05, 4.69) is 5.32 Å². The molecule has 0 radical (unpaired) electrons. The van der Waals surface area contributed by atoms with Gasteiger partial charge in [-0.15, -0.1) is 0 Å². The van der Waals surface area contributed by atoms with Gasteiger partial charge in [0.05, 0.1) is 18.9 Å². The number of benzene rings is 2. The van der Waals surface area contributed by atoms with Gasteiger partial charge in [-0.3, -0.25) is 9.59 Å². The number of piperidine rings is 1. The average molecular weight is 398 g/mol. The molecule has 2 amide bonds. The highest BCUT2D eigenvalue weighted by atomic mass is 19.1. The Kier molecular flexibility index (Phi) is 6.52. The highest BCUT2D eigenvalue weighted by Gasteiger charge is 2.39. The van der Waals surface area contributed by atoms with Crippen molar-refractivity contribution in [3.8, 4) is 5.75 Å². The van der Waals surface area contributed by atoms with E-state index in [0.29, 0.717) is 19.6 Å². The van der Waals surface area contributed by atoms with E-state index >= 15 is 0 Å². The number of likely N-dealkylation sites (tertiary alicyclic amines) is 1. The number of halogens is 1. The standard InChI is InChI=1S/C23H27FN2O3/c1-23(22(28)25-15-18-6-10-20(29-2)11-7-18)12-3-13-26(16-23)21(27)14-17-4-8-19(24)9-5-17/h4-11H,3,12-16H2,1-2H3,(H,25,28)/t23-/m1/s1. The van der Waals surface area contributed by atoms with Crippen molar-refractivity contribution in [3.63, 3.8) is 0 Å². The largest absolute Gasteiger partial charge is 0.497 e. The lowest BCUT2D eigenvalue weighted by molar-refractivity contribution is -0.140. The average Bonchev–Trinajstić information content (AvgIpc) is 2.74. The molecule has 1 heterocycles. The summed E-state index contributed by atoms with van der Waals surface area (Å²) in [5.74, 6) is 0.369. The lowest BCUT2D eigenvalue weighted by Crippen LogP contribution is -2.52. The second kappa shape index (κ2) is 9.07. The number of carbonyl (C=O) groups is 2. The zero-order valence-electron chi connectivity index (χ0n) is 16.9. The molecule has 154 valence electrons. The number of hydrogen-bond donors (Lipinski definition) is 1. The normalized spacial score (nSPS) is 18.9. The highest BCUT2D eigenvalue weighted by Crippen LogP contribution is 2.30. The van der Waals surface area contributed by atoms with Gasteiger partial charge in [-0.2, -0.15) is 0 Å². The van der Waals surface area contributed by atoms with Crippen LogP contribution in [-0.2, 0) is 22.6 Å². The van der Waals surface area contributed by atoms with Crippen molar-refractivity contribution < 1.29 is 18.7 Å². The number of carbonyl (C=O) groups excluding carboxylic acids is 2. The van der Waals surface area contributed by atoms with Crippen molar-refractivity contribution in [2.45, 2.75) is 32.7 Å². The maximum Gasteiger partial charge on any atom is 0.227 e. The maximum absolute atomic E-state index is 13.1. The summed E-state index contributed by atoms with van der Waals surface area (Å²) in [6, 6.07) is 13.5. The fourth-order valence-electron chi connectivity index (χ4n) is 3.67. The third-order valence-corrected chi connectivity index (χ3v) is 5.48. The van der Waals surface area contributed by atoms with Crippen LogP contribution in [0.25, 0.3) is 0 Å². The molecule has 0 bridgehead atoms. The first-order valence-corrected chi connectivity index (χ1v) is 9.83. The van der Waals surface area contributed by atoms with E-state index in [9.17, 15) is 14.0 Å². The van der Waals surface area contributed by atoms with Crippen LogP contribution in [-0.4, -0.2) is 36.9 Å². The molecule has 2 aromatic rings. The van der Waals surface area contributed by atoms with Crippen LogP contribution in [0.1, 0.15) is 30.9 Å². The predicted molar refractivity (Wildman–Crippen MR) is 109 cm³/mol. The zero-order valence-corrected chi connectivity index (χ0v) is 16.9. The van der Waals surface area contributed by atoms with E-state index in [1.54, 1.807) is 24.1 Å². The van der Waals surface area contributed by atoms with Gasteiger partial charge in [-0.1, -0.05) is 24.3 Å². The summed E-state index contributed by atoms with van der Waals surface area (Å²) in [6.07, 6.45) is 1.73. The molecule has 1 N–H and O–H groups in total. The molecule has 3 rings (SSSR count). The maximum atomic E-state index is 13.1. The molecule has 29 heavy (non-hydrogen) atoms. The summed E-state index contributed by atoms with van der Waals surface area (Å²) in [6.45, 7) is 3.37. The molecular weight excluding hydrogens is 371 g/mol. The van der Waals surface area contributed by atoms with Gasteiger partial charge in [-0.25, -0.2) is 4.39 Å². The molecule has 0 spiro atoms. The number of amides is 2. The third kappa shape index (κ3) is 5.34. The second-order valence-electron chi connectivity index (χ2n) is 7.81. The summed E-state index contributed by atoms with van der Waals surface area (Å²) in [7, 11) is 1.61. The van der Waals surface area contributed by atoms with Crippen molar-refractivity contribution in [1.82, 2.24) is 10.2 Å². The Morgan fingerprint density at radius 1 is 1.10 bits per heavy atom. The topological polar surface area (TPSA) is 58.6 Å². The van der Waals surface area contributed by atoms with E-state index in [0.717, 1.165) is 29.7 Å². The molecule has 6 heteroatoms. The first kappa shape index (κ1) is 20.8. The lowest BCUT2D eigenvalue weighted by atomic mass is 9.80. The van der Waals surface area contributed by atoms with Gasteiger partial charge in [0.2, 0.25) is 11.8 Å². The number of ether oxygens (including phenoxy) is 1. The number of nitrogens with one attached hydrogen (secondary N) is 1. The van der Waals surface area contributed by atoms with Crippen LogP contribution in [0.2, 0.25) is 0 Å². The van der Waals surface area contributed by atoms with Crippen molar-refractivity contribution in [1.29, 1.82) is 0 Å². The Labute approximate surface area is 170 Å². The number of nitrogens with zero attached hydrogens (tertiary/aromatic N) is 1. The molecule has 1 fully saturated rings. The van der Waals surface area contributed by atoms with Crippen molar-refractivity contribution in [3.05, 3.63) is 65.5 Å². The van der Waals surface area contributed by atoms with Crippen LogP contribution in [0.15, 0.2) is 48.5 Å². The molecule has 1 aliphatic rings. The van der Waals surface area contributed by atoms with Gasteiger partial charge in [0.15, 0.2) is 0 Å². The van der Waals surface area contributed by atoms with E-state index in [1.165, 1.54) is 12.1 Å². The molecular formula is C23H27FN2O3. The van der Waals surface area contributed by atoms with Crippen LogP contribution < -0.4 is 10.1 Å². The number of hydrogen-bond acceptors (Lipinski definition) is 3. The molecule has 2 aromatic carbocycles. The van der Waals surface area contributed by atoms with E-state index in [-0.39, 0.29) is 24.1 Å².